The molecule has 5 nitrogen and oxygen atoms in total. The maximum absolute atomic E-state index is 12.6. The highest BCUT2D eigenvalue weighted by atomic mass is 16.4. The number of carbonyl (C=O) groups is 2. The average molecular weight is 284 g/mol. The molecular weight excluding hydrogens is 256 g/mol. The molecule has 0 aliphatic carbocycles. The van der Waals surface area contributed by atoms with Crippen LogP contribution < -0.4 is 10.6 Å². The molecule has 1 fully saturated rings. The SMILES string of the molecule is CCCCC(NC(=O)C1(CCC)CCNCC1)C(=O)O. The molecule has 20 heavy (non-hydrogen) atoms. The van der Waals surface area contributed by atoms with Crippen molar-refractivity contribution >= 4 is 11.9 Å². The number of amides is 1. The lowest BCUT2D eigenvalue weighted by molar-refractivity contribution is -0.144. The highest BCUT2D eigenvalue weighted by Gasteiger charge is 2.39. The first kappa shape index (κ1) is 17.0. The number of carbonyl (C=O) groups excluding carboxylic acids is 1. The molecule has 0 spiro atoms. The number of aliphatic carboxylic acids is 1. The number of rotatable bonds is 8. The highest BCUT2D eigenvalue weighted by Crippen LogP contribution is 2.34. The van der Waals surface area contributed by atoms with E-state index in [0.29, 0.717) is 6.42 Å². The van der Waals surface area contributed by atoms with Gasteiger partial charge in [-0.25, -0.2) is 4.79 Å². The molecule has 0 saturated carbocycles. The Morgan fingerprint density at radius 3 is 2.40 bits per heavy atom. The zero-order chi connectivity index (χ0) is 15.0. The lowest BCUT2D eigenvalue weighted by atomic mass is 9.74. The van der Waals surface area contributed by atoms with Crippen molar-refractivity contribution in [3.05, 3.63) is 0 Å². The summed E-state index contributed by atoms with van der Waals surface area (Å²) in [5.41, 5.74) is -0.375. The molecular formula is C15H28N2O3. The quantitative estimate of drug-likeness (QED) is 0.636. The Bertz CT molecular complexity index is 320. The van der Waals surface area contributed by atoms with Gasteiger partial charge in [-0.1, -0.05) is 33.1 Å². The molecule has 1 saturated heterocycles. The summed E-state index contributed by atoms with van der Waals surface area (Å²) in [6.07, 6.45) is 5.64. The standard InChI is InChI=1S/C15H28N2O3/c1-3-5-6-12(13(18)19)17-14(20)15(7-4-2)8-10-16-11-9-15/h12,16H,3-11H2,1-2H3,(H,17,20)(H,18,19). The predicted octanol–water partition coefficient (Wildman–Crippen LogP) is 1.92. The first-order valence-electron chi connectivity index (χ1n) is 7.80. The maximum Gasteiger partial charge on any atom is 0.326 e. The number of nitrogens with one attached hydrogen (secondary N) is 2. The van der Waals surface area contributed by atoms with E-state index in [-0.39, 0.29) is 11.3 Å². The van der Waals surface area contributed by atoms with E-state index in [4.69, 9.17) is 0 Å². The lowest BCUT2D eigenvalue weighted by Gasteiger charge is -2.37. The van der Waals surface area contributed by atoms with Crippen molar-refractivity contribution in [2.24, 2.45) is 5.41 Å². The summed E-state index contributed by atoms with van der Waals surface area (Å²) in [7, 11) is 0. The molecule has 0 aromatic carbocycles. The third-order valence-corrected chi connectivity index (χ3v) is 4.22. The van der Waals surface area contributed by atoms with Crippen LogP contribution in [-0.2, 0) is 9.59 Å². The lowest BCUT2D eigenvalue weighted by Crippen LogP contribution is -2.52. The van der Waals surface area contributed by atoms with E-state index >= 15 is 0 Å². The van der Waals surface area contributed by atoms with Crippen molar-refractivity contribution in [1.82, 2.24) is 10.6 Å². The van der Waals surface area contributed by atoms with Crippen LogP contribution in [0.1, 0.15) is 58.8 Å². The van der Waals surface area contributed by atoms with Crippen molar-refractivity contribution in [3.63, 3.8) is 0 Å². The molecule has 0 radical (unpaired) electrons. The molecule has 3 N–H and O–H groups in total. The molecule has 1 atom stereocenters. The second-order valence-corrected chi connectivity index (χ2v) is 5.79. The van der Waals surface area contributed by atoms with Gasteiger partial charge in [-0.2, -0.15) is 0 Å². The van der Waals surface area contributed by atoms with Crippen molar-refractivity contribution in [2.75, 3.05) is 13.1 Å². The van der Waals surface area contributed by atoms with Gasteiger partial charge in [0.25, 0.3) is 0 Å². The van der Waals surface area contributed by atoms with E-state index in [9.17, 15) is 14.7 Å². The molecule has 0 bridgehead atoms. The van der Waals surface area contributed by atoms with Crippen molar-refractivity contribution in [2.45, 2.75) is 64.8 Å². The van der Waals surface area contributed by atoms with Crippen LogP contribution >= 0.6 is 0 Å². The first-order valence-corrected chi connectivity index (χ1v) is 7.80. The summed E-state index contributed by atoms with van der Waals surface area (Å²) in [6.45, 7) is 5.76. The van der Waals surface area contributed by atoms with Gasteiger partial charge >= 0.3 is 5.97 Å². The Balaban J connectivity index is 2.70. The number of hydrogen-bond acceptors (Lipinski definition) is 3. The van der Waals surface area contributed by atoms with Crippen LogP contribution in [0.5, 0.6) is 0 Å². The fourth-order valence-corrected chi connectivity index (χ4v) is 2.95. The summed E-state index contributed by atoms with van der Waals surface area (Å²) < 4.78 is 0. The first-order chi connectivity index (χ1) is 9.55. The van der Waals surface area contributed by atoms with Gasteiger partial charge in [0.1, 0.15) is 6.04 Å². The molecule has 1 heterocycles. The molecule has 1 unspecified atom stereocenters. The Labute approximate surface area is 121 Å². The van der Waals surface area contributed by atoms with Crippen molar-refractivity contribution in [3.8, 4) is 0 Å². The van der Waals surface area contributed by atoms with E-state index in [1.807, 2.05) is 6.92 Å². The van der Waals surface area contributed by atoms with Gasteiger partial charge in [-0.05, 0) is 38.8 Å². The van der Waals surface area contributed by atoms with E-state index < -0.39 is 12.0 Å². The topological polar surface area (TPSA) is 78.4 Å². The van der Waals surface area contributed by atoms with Gasteiger partial charge in [0.05, 0.1) is 5.41 Å². The fourth-order valence-electron chi connectivity index (χ4n) is 2.95. The summed E-state index contributed by atoms with van der Waals surface area (Å²) in [6, 6.07) is -0.744. The van der Waals surface area contributed by atoms with Crippen LogP contribution in [0.3, 0.4) is 0 Å². The van der Waals surface area contributed by atoms with Crippen LogP contribution in [0, 0.1) is 5.41 Å². The zero-order valence-electron chi connectivity index (χ0n) is 12.7. The molecule has 1 rings (SSSR count). The van der Waals surface area contributed by atoms with Crippen LogP contribution in [0.25, 0.3) is 0 Å². The van der Waals surface area contributed by atoms with Crippen LogP contribution in [0.4, 0.5) is 0 Å². The van der Waals surface area contributed by atoms with Gasteiger partial charge in [-0.3, -0.25) is 4.79 Å². The summed E-state index contributed by atoms with van der Waals surface area (Å²) in [4.78, 5) is 23.8. The number of piperidine rings is 1. The number of carboxylic acid groups (broad SMARTS) is 1. The molecule has 1 aliphatic heterocycles. The van der Waals surface area contributed by atoms with Gasteiger partial charge in [0.2, 0.25) is 5.91 Å². The van der Waals surface area contributed by atoms with E-state index in [1.54, 1.807) is 0 Å². The third-order valence-electron chi connectivity index (χ3n) is 4.22. The van der Waals surface area contributed by atoms with E-state index in [0.717, 1.165) is 51.6 Å². The van der Waals surface area contributed by atoms with Crippen LogP contribution in [-0.4, -0.2) is 36.1 Å². The average Bonchev–Trinajstić information content (AvgIpc) is 2.44. The van der Waals surface area contributed by atoms with Gasteiger partial charge in [-0.15, -0.1) is 0 Å². The minimum atomic E-state index is -0.924. The number of hydrogen-bond donors (Lipinski definition) is 3. The summed E-state index contributed by atoms with van der Waals surface area (Å²) >= 11 is 0. The van der Waals surface area contributed by atoms with Gasteiger partial charge < -0.3 is 15.7 Å². The Morgan fingerprint density at radius 2 is 1.90 bits per heavy atom. The molecule has 1 amide bonds. The second-order valence-electron chi connectivity index (χ2n) is 5.79. The number of unbranched alkanes of at least 4 members (excludes halogenated alkanes) is 1. The smallest absolute Gasteiger partial charge is 0.326 e. The molecule has 5 heteroatoms. The Morgan fingerprint density at radius 1 is 1.25 bits per heavy atom. The number of carboxylic acids is 1. The Hall–Kier alpha value is -1.10. The van der Waals surface area contributed by atoms with E-state index in [1.165, 1.54) is 0 Å². The van der Waals surface area contributed by atoms with Gasteiger partial charge in [0, 0.05) is 0 Å². The van der Waals surface area contributed by atoms with Crippen LogP contribution in [0.15, 0.2) is 0 Å². The monoisotopic (exact) mass is 284 g/mol. The summed E-state index contributed by atoms with van der Waals surface area (Å²) in [5.74, 6) is -0.989. The Kier molecular flexibility index (Phi) is 6.99. The minimum absolute atomic E-state index is 0.0654. The van der Waals surface area contributed by atoms with Crippen molar-refractivity contribution < 1.29 is 14.7 Å². The molecule has 1 aliphatic rings. The largest absolute Gasteiger partial charge is 0.480 e. The molecule has 116 valence electrons. The zero-order valence-corrected chi connectivity index (χ0v) is 12.7. The predicted molar refractivity (Wildman–Crippen MR) is 78.5 cm³/mol. The summed E-state index contributed by atoms with van der Waals surface area (Å²) in [5, 5.41) is 15.3. The second kappa shape index (κ2) is 8.25. The third kappa shape index (κ3) is 4.47. The highest BCUT2D eigenvalue weighted by molar-refractivity contribution is 5.87. The normalized spacial score (nSPS) is 19.3. The van der Waals surface area contributed by atoms with Crippen molar-refractivity contribution in [1.29, 1.82) is 0 Å². The molecule has 0 aromatic heterocycles. The molecule has 0 aromatic rings. The van der Waals surface area contributed by atoms with E-state index in [2.05, 4.69) is 17.6 Å². The fraction of sp³-hybridized carbons (Fsp3) is 0.867. The maximum atomic E-state index is 12.6. The van der Waals surface area contributed by atoms with Crippen LogP contribution in [0.2, 0.25) is 0 Å². The van der Waals surface area contributed by atoms with Gasteiger partial charge in [0.15, 0.2) is 0 Å². The minimum Gasteiger partial charge on any atom is -0.480 e.